The number of rotatable bonds is 4. The van der Waals surface area contributed by atoms with Gasteiger partial charge in [0.15, 0.2) is 0 Å². The minimum atomic E-state index is -0.369. The highest BCUT2D eigenvalue weighted by Gasteiger charge is 2.40. The van der Waals surface area contributed by atoms with E-state index in [0.717, 1.165) is 5.56 Å². The summed E-state index contributed by atoms with van der Waals surface area (Å²) >= 11 is 18.3. The third-order valence-corrected chi connectivity index (χ3v) is 7.70. The van der Waals surface area contributed by atoms with E-state index in [-0.39, 0.29) is 35.7 Å². The molecular weight excluding hydrogens is 511 g/mol. The van der Waals surface area contributed by atoms with Gasteiger partial charge in [0, 0.05) is 55.6 Å². The van der Waals surface area contributed by atoms with Crippen molar-refractivity contribution in [1.29, 1.82) is 0 Å². The van der Waals surface area contributed by atoms with Crippen LogP contribution in [0.3, 0.4) is 0 Å². The molecule has 2 fully saturated rings. The Morgan fingerprint density at radius 2 is 1.57 bits per heavy atom. The van der Waals surface area contributed by atoms with Crippen LogP contribution in [0.15, 0.2) is 42.5 Å². The van der Waals surface area contributed by atoms with Gasteiger partial charge in [0.2, 0.25) is 11.8 Å². The zero-order chi connectivity index (χ0) is 25.1. The van der Waals surface area contributed by atoms with Gasteiger partial charge in [-0.25, -0.2) is 4.79 Å². The molecule has 2 aliphatic heterocycles. The number of anilines is 1. The first-order valence-corrected chi connectivity index (χ1v) is 12.7. The van der Waals surface area contributed by atoms with Gasteiger partial charge in [-0.15, -0.1) is 0 Å². The summed E-state index contributed by atoms with van der Waals surface area (Å²) in [7, 11) is 0. The zero-order valence-corrected chi connectivity index (χ0v) is 21.5. The maximum atomic E-state index is 13.4. The molecule has 186 valence electrons. The molecule has 0 aliphatic carbocycles. The summed E-state index contributed by atoms with van der Waals surface area (Å²) in [6, 6.07) is 11.5. The minimum Gasteiger partial charge on any atom is -0.343 e. The quantitative estimate of drug-likeness (QED) is 0.574. The number of urea groups is 1. The van der Waals surface area contributed by atoms with E-state index in [1.165, 1.54) is 0 Å². The van der Waals surface area contributed by atoms with Crippen LogP contribution in [0.1, 0.15) is 31.2 Å². The van der Waals surface area contributed by atoms with E-state index in [2.05, 4.69) is 10.6 Å². The Bertz CT molecular complexity index is 1100. The number of likely N-dealkylation sites (tertiary alicyclic amines) is 2. The highest BCUT2D eigenvalue weighted by molar-refractivity contribution is 6.42. The summed E-state index contributed by atoms with van der Waals surface area (Å²) in [4.78, 5) is 41.4. The van der Waals surface area contributed by atoms with Gasteiger partial charge in [-0.1, -0.05) is 40.9 Å². The topological polar surface area (TPSA) is 81.8 Å². The van der Waals surface area contributed by atoms with E-state index in [1.807, 2.05) is 11.0 Å². The van der Waals surface area contributed by atoms with Crippen molar-refractivity contribution < 1.29 is 14.4 Å². The van der Waals surface area contributed by atoms with Gasteiger partial charge in [-0.2, -0.15) is 0 Å². The Morgan fingerprint density at radius 1 is 0.886 bits per heavy atom. The van der Waals surface area contributed by atoms with Gasteiger partial charge in [-0.3, -0.25) is 9.59 Å². The van der Waals surface area contributed by atoms with Crippen LogP contribution in [0.2, 0.25) is 15.1 Å². The highest BCUT2D eigenvalue weighted by atomic mass is 35.5. The lowest BCUT2D eigenvalue weighted by molar-refractivity contribution is -0.139. The van der Waals surface area contributed by atoms with Crippen molar-refractivity contribution in [2.75, 3.05) is 31.5 Å². The van der Waals surface area contributed by atoms with Crippen LogP contribution in [0.5, 0.6) is 0 Å². The first-order chi connectivity index (χ1) is 16.7. The Hall–Kier alpha value is -2.48. The van der Waals surface area contributed by atoms with E-state index in [1.54, 1.807) is 48.2 Å². The summed E-state index contributed by atoms with van der Waals surface area (Å²) in [5.74, 6) is -0.197. The number of piperidine rings is 1. The van der Waals surface area contributed by atoms with Crippen molar-refractivity contribution in [2.45, 2.75) is 31.7 Å². The Balaban J connectivity index is 1.48. The molecule has 2 heterocycles. The average molecular weight is 538 g/mol. The summed E-state index contributed by atoms with van der Waals surface area (Å²) in [5.41, 5.74) is 1.51. The summed E-state index contributed by atoms with van der Waals surface area (Å²) < 4.78 is 0. The minimum absolute atomic E-state index is 0.0349. The zero-order valence-electron chi connectivity index (χ0n) is 19.3. The van der Waals surface area contributed by atoms with E-state index in [4.69, 9.17) is 34.8 Å². The fraction of sp³-hybridized carbons (Fsp3) is 0.400. The summed E-state index contributed by atoms with van der Waals surface area (Å²) in [6.45, 7) is 3.55. The fourth-order valence-electron chi connectivity index (χ4n) is 4.78. The molecule has 2 aliphatic rings. The predicted molar refractivity (Wildman–Crippen MR) is 138 cm³/mol. The number of carbonyl (C=O) groups is 3. The highest BCUT2D eigenvalue weighted by Crippen LogP contribution is 2.34. The average Bonchev–Trinajstić information content (AvgIpc) is 3.25. The molecule has 7 nitrogen and oxygen atoms in total. The molecule has 4 rings (SSSR count). The lowest BCUT2D eigenvalue weighted by Crippen LogP contribution is -2.45. The van der Waals surface area contributed by atoms with E-state index in [0.29, 0.717) is 59.8 Å². The number of hydrogen-bond donors (Lipinski definition) is 2. The SMILES string of the molecule is CC(=O)N1CCC(C(=O)N2C[C@H](c3ccc(Cl)c(Cl)c3)[C@H](NC(=O)Nc3ccc(Cl)cc3)C2)CC1. The second-order valence-electron chi connectivity index (χ2n) is 9.02. The lowest BCUT2D eigenvalue weighted by Gasteiger charge is -2.32. The van der Waals surface area contributed by atoms with Crippen LogP contribution in [-0.2, 0) is 9.59 Å². The van der Waals surface area contributed by atoms with Crippen LogP contribution in [0.4, 0.5) is 10.5 Å². The molecule has 2 aromatic rings. The number of nitrogens with one attached hydrogen (secondary N) is 2. The lowest BCUT2D eigenvalue weighted by atomic mass is 9.94. The van der Waals surface area contributed by atoms with Gasteiger partial charge in [-0.05, 0) is 54.8 Å². The van der Waals surface area contributed by atoms with Crippen molar-refractivity contribution in [1.82, 2.24) is 15.1 Å². The summed E-state index contributed by atoms with van der Waals surface area (Å²) in [6.07, 6.45) is 1.28. The molecule has 2 saturated heterocycles. The molecule has 0 aromatic heterocycles. The number of hydrogen-bond acceptors (Lipinski definition) is 3. The first-order valence-electron chi connectivity index (χ1n) is 11.5. The third-order valence-electron chi connectivity index (χ3n) is 6.71. The molecule has 0 spiro atoms. The maximum Gasteiger partial charge on any atom is 0.319 e. The van der Waals surface area contributed by atoms with Crippen molar-refractivity contribution in [2.24, 2.45) is 5.92 Å². The maximum absolute atomic E-state index is 13.4. The number of nitrogens with zero attached hydrogens (tertiary/aromatic N) is 2. The number of carbonyl (C=O) groups excluding carboxylic acids is 3. The van der Waals surface area contributed by atoms with Gasteiger partial charge in [0.1, 0.15) is 0 Å². The van der Waals surface area contributed by atoms with Crippen molar-refractivity contribution in [3.63, 3.8) is 0 Å². The molecular formula is C25H27Cl3N4O3. The molecule has 2 aromatic carbocycles. The van der Waals surface area contributed by atoms with Crippen molar-refractivity contribution in [3.05, 3.63) is 63.1 Å². The monoisotopic (exact) mass is 536 g/mol. The van der Waals surface area contributed by atoms with Crippen LogP contribution in [-0.4, -0.2) is 59.9 Å². The Morgan fingerprint density at radius 3 is 2.20 bits per heavy atom. The normalized spacial score (nSPS) is 20.6. The van der Waals surface area contributed by atoms with Crippen LogP contribution < -0.4 is 10.6 Å². The molecule has 0 bridgehead atoms. The van der Waals surface area contributed by atoms with Gasteiger partial charge in [0.25, 0.3) is 0 Å². The largest absolute Gasteiger partial charge is 0.343 e. The standard InChI is InChI=1S/C25H27Cl3N4O3/c1-15(33)31-10-8-16(9-11-31)24(34)32-13-20(17-2-7-21(27)22(28)12-17)23(14-32)30-25(35)29-19-5-3-18(26)4-6-19/h2-7,12,16,20,23H,8-11,13-14H2,1H3,(H2,29,30,35)/t20-,23-/m1/s1. The molecule has 2 N–H and O–H groups in total. The molecule has 35 heavy (non-hydrogen) atoms. The molecule has 0 radical (unpaired) electrons. The van der Waals surface area contributed by atoms with Crippen molar-refractivity contribution in [3.8, 4) is 0 Å². The molecule has 0 saturated carbocycles. The second kappa shape index (κ2) is 11.1. The number of halogens is 3. The predicted octanol–water partition coefficient (Wildman–Crippen LogP) is 5.02. The van der Waals surface area contributed by atoms with Crippen molar-refractivity contribution >= 4 is 58.3 Å². The molecule has 10 heteroatoms. The first kappa shape index (κ1) is 25.6. The van der Waals surface area contributed by atoms with E-state index in [9.17, 15) is 14.4 Å². The van der Waals surface area contributed by atoms with Gasteiger partial charge < -0.3 is 20.4 Å². The molecule has 0 unspecified atom stereocenters. The molecule has 4 amide bonds. The third kappa shape index (κ3) is 6.21. The smallest absolute Gasteiger partial charge is 0.319 e. The second-order valence-corrected chi connectivity index (χ2v) is 10.3. The van der Waals surface area contributed by atoms with Gasteiger partial charge in [0.05, 0.1) is 16.1 Å². The van der Waals surface area contributed by atoms with E-state index >= 15 is 0 Å². The van der Waals surface area contributed by atoms with Crippen LogP contribution in [0, 0.1) is 5.92 Å². The number of benzene rings is 2. The van der Waals surface area contributed by atoms with Crippen LogP contribution >= 0.6 is 34.8 Å². The van der Waals surface area contributed by atoms with E-state index < -0.39 is 0 Å². The number of amides is 4. The summed E-state index contributed by atoms with van der Waals surface area (Å²) in [5, 5.41) is 7.30. The fourth-order valence-corrected chi connectivity index (χ4v) is 5.21. The Kier molecular flexibility index (Phi) is 8.09. The molecule has 2 atom stereocenters. The van der Waals surface area contributed by atoms with Gasteiger partial charge >= 0.3 is 6.03 Å². The van der Waals surface area contributed by atoms with Crippen LogP contribution in [0.25, 0.3) is 0 Å². The Labute approximate surface area is 219 Å².